The highest BCUT2D eigenvalue weighted by molar-refractivity contribution is 5.94. The lowest BCUT2D eigenvalue weighted by atomic mass is 9.89. The van der Waals surface area contributed by atoms with Gasteiger partial charge in [0.1, 0.15) is 0 Å². The molecule has 0 unspecified atom stereocenters. The van der Waals surface area contributed by atoms with E-state index in [4.69, 9.17) is 0 Å². The van der Waals surface area contributed by atoms with Crippen LogP contribution in [0.25, 0.3) is 22.3 Å². The molecule has 0 saturated carbocycles. The SMILES string of the molecule is CCNc1ccc(C)c(-c2ccc(N(CC)CC)cc2)c1-c1ccc(N(CC)CC)cc1. The molecule has 0 saturated heterocycles. The molecular formula is C29H39N3. The van der Waals surface area contributed by atoms with Gasteiger partial charge in [-0.25, -0.2) is 0 Å². The van der Waals surface area contributed by atoms with E-state index < -0.39 is 0 Å². The zero-order chi connectivity index (χ0) is 23.1. The normalized spacial score (nSPS) is 10.8. The summed E-state index contributed by atoms with van der Waals surface area (Å²) in [5, 5.41) is 3.60. The summed E-state index contributed by atoms with van der Waals surface area (Å²) in [6.07, 6.45) is 0. The summed E-state index contributed by atoms with van der Waals surface area (Å²) < 4.78 is 0. The van der Waals surface area contributed by atoms with Crippen molar-refractivity contribution < 1.29 is 0 Å². The van der Waals surface area contributed by atoms with E-state index in [1.165, 1.54) is 44.9 Å². The van der Waals surface area contributed by atoms with E-state index in [9.17, 15) is 0 Å². The van der Waals surface area contributed by atoms with Crippen molar-refractivity contribution in [2.45, 2.75) is 41.5 Å². The minimum atomic E-state index is 0.897. The second kappa shape index (κ2) is 11.1. The Labute approximate surface area is 195 Å². The van der Waals surface area contributed by atoms with Crippen LogP contribution in [0.2, 0.25) is 0 Å². The second-order valence-electron chi connectivity index (χ2n) is 8.15. The minimum absolute atomic E-state index is 0.897. The van der Waals surface area contributed by atoms with E-state index in [0.717, 1.165) is 32.7 Å². The quantitative estimate of drug-likeness (QED) is 0.361. The molecule has 0 bridgehead atoms. The lowest BCUT2D eigenvalue weighted by Gasteiger charge is -2.23. The fourth-order valence-corrected chi connectivity index (χ4v) is 4.57. The van der Waals surface area contributed by atoms with Crippen LogP contribution in [0.5, 0.6) is 0 Å². The first-order chi connectivity index (χ1) is 15.6. The maximum Gasteiger partial charge on any atom is 0.0426 e. The van der Waals surface area contributed by atoms with Crippen molar-refractivity contribution in [2.75, 3.05) is 47.8 Å². The van der Waals surface area contributed by atoms with Crippen molar-refractivity contribution in [3.63, 3.8) is 0 Å². The Morgan fingerprint density at radius 2 is 1.00 bits per heavy atom. The summed E-state index contributed by atoms with van der Waals surface area (Å²) in [6.45, 7) is 18.2. The van der Waals surface area contributed by atoms with Gasteiger partial charge in [-0.05, 0) is 94.1 Å². The van der Waals surface area contributed by atoms with E-state index in [-0.39, 0.29) is 0 Å². The van der Waals surface area contributed by atoms with Crippen LogP contribution in [0, 0.1) is 6.92 Å². The van der Waals surface area contributed by atoms with Gasteiger partial charge in [0.2, 0.25) is 0 Å². The molecule has 3 heteroatoms. The predicted molar refractivity (Wildman–Crippen MR) is 143 cm³/mol. The van der Waals surface area contributed by atoms with Gasteiger partial charge in [-0.1, -0.05) is 30.3 Å². The third kappa shape index (κ3) is 4.93. The van der Waals surface area contributed by atoms with E-state index in [0.29, 0.717) is 0 Å². The molecule has 0 amide bonds. The van der Waals surface area contributed by atoms with Gasteiger partial charge in [-0.2, -0.15) is 0 Å². The maximum absolute atomic E-state index is 3.60. The van der Waals surface area contributed by atoms with Gasteiger partial charge in [0.05, 0.1) is 0 Å². The smallest absolute Gasteiger partial charge is 0.0426 e. The third-order valence-electron chi connectivity index (χ3n) is 6.35. The van der Waals surface area contributed by atoms with Crippen LogP contribution in [0.3, 0.4) is 0 Å². The lowest BCUT2D eigenvalue weighted by Crippen LogP contribution is -2.21. The maximum atomic E-state index is 3.60. The Morgan fingerprint density at radius 3 is 1.41 bits per heavy atom. The van der Waals surface area contributed by atoms with Crippen LogP contribution >= 0.6 is 0 Å². The summed E-state index contributed by atoms with van der Waals surface area (Å²) in [6, 6.07) is 22.6. The molecule has 0 aromatic heterocycles. The number of nitrogens with zero attached hydrogens (tertiary/aromatic N) is 2. The zero-order valence-corrected chi connectivity index (χ0v) is 20.7. The molecule has 3 aromatic carbocycles. The molecule has 3 aromatic rings. The summed E-state index contributed by atoms with van der Waals surface area (Å²) in [4.78, 5) is 4.77. The van der Waals surface area contributed by atoms with Gasteiger partial charge in [0, 0.05) is 55.3 Å². The van der Waals surface area contributed by atoms with Gasteiger partial charge in [-0.3, -0.25) is 0 Å². The number of hydrogen-bond acceptors (Lipinski definition) is 3. The van der Waals surface area contributed by atoms with Crippen LogP contribution in [-0.2, 0) is 0 Å². The van der Waals surface area contributed by atoms with Gasteiger partial charge in [0.15, 0.2) is 0 Å². The summed E-state index contributed by atoms with van der Waals surface area (Å²) in [5.74, 6) is 0. The van der Waals surface area contributed by atoms with Gasteiger partial charge in [-0.15, -0.1) is 0 Å². The van der Waals surface area contributed by atoms with Crippen LogP contribution in [0.1, 0.15) is 40.2 Å². The molecule has 3 rings (SSSR count). The van der Waals surface area contributed by atoms with Gasteiger partial charge in [0.25, 0.3) is 0 Å². The fraction of sp³-hybridized carbons (Fsp3) is 0.379. The van der Waals surface area contributed by atoms with E-state index in [2.05, 4.69) is 117 Å². The number of aryl methyl sites for hydroxylation is 1. The Balaban J connectivity index is 2.12. The molecule has 0 spiro atoms. The average Bonchev–Trinajstić information content (AvgIpc) is 2.83. The Kier molecular flexibility index (Phi) is 8.21. The van der Waals surface area contributed by atoms with Gasteiger partial charge < -0.3 is 15.1 Å². The molecule has 170 valence electrons. The molecule has 0 fully saturated rings. The third-order valence-corrected chi connectivity index (χ3v) is 6.35. The molecule has 0 aliphatic heterocycles. The minimum Gasteiger partial charge on any atom is -0.385 e. The molecule has 0 aliphatic carbocycles. The van der Waals surface area contributed by atoms with Crippen molar-refractivity contribution in [1.29, 1.82) is 0 Å². The number of benzene rings is 3. The van der Waals surface area contributed by atoms with Crippen molar-refractivity contribution in [3.8, 4) is 22.3 Å². The monoisotopic (exact) mass is 429 g/mol. The zero-order valence-electron chi connectivity index (χ0n) is 20.7. The largest absolute Gasteiger partial charge is 0.385 e. The molecule has 0 aliphatic rings. The molecule has 0 heterocycles. The molecule has 3 nitrogen and oxygen atoms in total. The Hall–Kier alpha value is -2.94. The first-order valence-corrected chi connectivity index (χ1v) is 12.2. The lowest BCUT2D eigenvalue weighted by molar-refractivity contribution is 0.866. The summed E-state index contributed by atoms with van der Waals surface area (Å²) >= 11 is 0. The molecule has 32 heavy (non-hydrogen) atoms. The number of rotatable bonds is 10. The summed E-state index contributed by atoms with van der Waals surface area (Å²) in [5.41, 5.74) is 10.2. The van der Waals surface area contributed by atoms with Crippen molar-refractivity contribution in [2.24, 2.45) is 0 Å². The highest BCUT2D eigenvalue weighted by Crippen LogP contribution is 2.41. The van der Waals surface area contributed by atoms with Crippen molar-refractivity contribution in [3.05, 3.63) is 66.2 Å². The number of anilines is 3. The Bertz CT molecular complexity index is 982. The summed E-state index contributed by atoms with van der Waals surface area (Å²) in [7, 11) is 0. The molecular weight excluding hydrogens is 390 g/mol. The van der Waals surface area contributed by atoms with E-state index >= 15 is 0 Å². The Morgan fingerprint density at radius 1 is 0.562 bits per heavy atom. The highest BCUT2D eigenvalue weighted by atomic mass is 15.1. The van der Waals surface area contributed by atoms with Gasteiger partial charge >= 0.3 is 0 Å². The van der Waals surface area contributed by atoms with Crippen LogP contribution in [0.15, 0.2) is 60.7 Å². The predicted octanol–water partition coefficient (Wildman–Crippen LogP) is 7.45. The molecule has 0 radical (unpaired) electrons. The first-order valence-electron chi connectivity index (χ1n) is 12.2. The van der Waals surface area contributed by atoms with Crippen LogP contribution in [-0.4, -0.2) is 32.7 Å². The van der Waals surface area contributed by atoms with E-state index in [1.54, 1.807) is 0 Å². The average molecular weight is 430 g/mol. The fourth-order valence-electron chi connectivity index (χ4n) is 4.57. The van der Waals surface area contributed by atoms with Crippen molar-refractivity contribution in [1.82, 2.24) is 0 Å². The second-order valence-corrected chi connectivity index (χ2v) is 8.15. The number of hydrogen-bond donors (Lipinski definition) is 1. The standard InChI is InChI=1S/C29H39N3/c1-7-30-27-21-12-22(6)28(23-13-17-25(18-14-23)31(8-2)9-3)29(27)24-15-19-26(20-16-24)32(10-4)11-5/h12-21,30H,7-11H2,1-6H3. The topological polar surface area (TPSA) is 18.5 Å². The highest BCUT2D eigenvalue weighted by Gasteiger charge is 2.16. The molecule has 1 N–H and O–H groups in total. The molecule has 0 atom stereocenters. The van der Waals surface area contributed by atoms with Crippen LogP contribution in [0.4, 0.5) is 17.1 Å². The van der Waals surface area contributed by atoms with E-state index in [1.807, 2.05) is 0 Å². The first kappa shape index (κ1) is 23.7. The van der Waals surface area contributed by atoms with Crippen LogP contribution < -0.4 is 15.1 Å². The number of nitrogens with one attached hydrogen (secondary N) is 1. The van der Waals surface area contributed by atoms with Crippen molar-refractivity contribution >= 4 is 17.1 Å².